The van der Waals surface area contributed by atoms with E-state index in [1.807, 2.05) is 0 Å². The third kappa shape index (κ3) is 4.57. The molecule has 0 saturated heterocycles. The quantitative estimate of drug-likeness (QED) is 0.625. The maximum absolute atomic E-state index is 10.7. The van der Waals surface area contributed by atoms with Crippen molar-refractivity contribution >= 4 is 18.4 Å². The summed E-state index contributed by atoms with van der Waals surface area (Å²) >= 11 is 0. The van der Waals surface area contributed by atoms with Crippen LogP contribution in [0.15, 0.2) is 29.2 Å². The summed E-state index contributed by atoms with van der Waals surface area (Å²) in [5.41, 5.74) is 0. The van der Waals surface area contributed by atoms with Crippen molar-refractivity contribution in [3.8, 4) is 5.75 Å². The molecule has 2 N–H and O–H groups in total. The van der Waals surface area contributed by atoms with Crippen molar-refractivity contribution in [2.75, 3.05) is 0 Å². The van der Waals surface area contributed by atoms with E-state index in [1.54, 1.807) is 0 Å². The standard InChI is InChI=1S/C6H7O6PS.Zr/c7-13(8)12-5-3-1-2-4-6(5)14(9,10)11;/h1-4,13H,(H,7,8)(H,9,10,11);. The minimum Gasteiger partial charge on any atom is -0.425 e. The number of hydrogen-bond acceptors (Lipinski definition) is 4. The van der Waals surface area contributed by atoms with Gasteiger partial charge in [-0.15, -0.1) is 0 Å². The summed E-state index contributed by atoms with van der Waals surface area (Å²) in [6.45, 7) is 0. The van der Waals surface area contributed by atoms with Gasteiger partial charge in [0, 0.05) is 26.2 Å². The molecular weight excluding hydrogens is 322 g/mol. The third-order valence-electron chi connectivity index (χ3n) is 1.32. The second-order valence-corrected chi connectivity index (χ2v) is 4.42. The fourth-order valence-electron chi connectivity index (χ4n) is 0.842. The minimum atomic E-state index is -4.44. The summed E-state index contributed by atoms with van der Waals surface area (Å²) in [6, 6.07) is 5.00. The van der Waals surface area contributed by atoms with Crippen LogP contribution >= 0.6 is 8.25 Å². The van der Waals surface area contributed by atoms with Gasteiger partial charge in [0.25, 0.3) is 10.1 Å². The van der Waals surface area contributed by atoms with Crippen molar-refractivity contribution in [3.05, 3.63) is 24.3 Å². The maximum atomic E-state index is 10.7. The fraction of sp³-hybridized carbons (Fsp3) is 0. The van der Waals surface area contributed by atoms with Gasteiger partial charge in [0.05, 0.1) is 0 Å². The topological polar surface area (TPSA) is 101 Å². The molecule has 0 saturated carbocycles. The first-order valence-electron chi connectivity index (χ1n) is 3.38. The molecule has 0 aromatic heterocycles. The SMILES string of the molecule is O=[PH](O)Oc1ccccc1S(=O)(=O)O.[Zr]. The molecule has 82 valence electrons. The largest absolute Gasteiger partial charge is 0.425 e. The zero-order valence-corrected chi connectivity index (χ0v) is 11.5. The predicted molar refractivity (Wildman–Crippen MR) is 48.1 cm³/mol. The molecule has 0 spiro atoms. The molecule has 15 heavy (non-hydrogen) atoms. The second kappa shape index (κ2) is 5.92. The zero-order valence-electron chi connectivity index (χ0n) is 7.25. The Bertz CT molecular complexity index is 458. The Morgan fingerprint density at radius 1 is 1.27 bits per heavy atom. The molecular formula is C6H7O6PSZr. The zero-order chi connectivity index (χ0) is 10.8. The van der Waals surface area contributed by atoms with Gasteiger partial charge < -0.3 is 9.42 Å². The van der Waals surface area contributed by atoms with Crippen LogP contribution in [0.5, 0.6) is 5.75 Å². The molecule has 1 aromatic rings. The van der Waals surface area contributed by atoms with E-state index in [4.69, 9.17) is 9.45 Å². The summed E-state index contributed by atoms with van der Waals surface area (Å²) in [5, 5.41) is 0. The molecule has 0 aliphatic carbocycles. The van der Waals surface area contributed by atoms with E-state index >= 15 is 0 Å². The van der Waals surface area contributed by atoms with E-state index in [1.165, 1.54) is 18.2 Å². The van der Waals surface area contributed by atoms with Crippen LogP contribution in [-0.2, 0) is 40.9 Å². The van der Waals surface area contributed by atoms with Gasteiger partial charge in [-0.3, -0.25) is 4.55 Å². The van der Waals surface area contributed by atoms with Gasteiger partial charge in [0.2, 0.25) is 0 Å². The summed E-state index contributed by atoms with van der Waals surface area (Å²) < 4.78 is 44.8. The van der Waals surface area contributed by atoms with Crippen molar-refractivity contribution in [3.63, 3.8) is 0 Å². The van der Waals surface area contributed by atoms with Gasteiger partial charge in [0.1, 0.15) is 10.6 Å². The molecule has 1 rings (SSSR count). The molecule has 0 radical (unpaired) electrons. The molecule has 1 unspecified atom stereocenters. The maximum Gasteiger partial charge on any atom is 0.365 e. The van der Waals surface area contributed by atoms with Gasteiger partial charge >= 0.3 is 8.25 Å². The Morgan fingerprint density at radius 3 is 2.27 bits per heavy atom. The summed E-state index contributed by atoms with van der Waals surface area (Å²) in [5.74, 6) is -0.346. The molecule has 0 aliphatic rings. The van der Waals surface area contributed by atoms with E-state index in [2.05, 4.69) is 4.52 Å². The van der Waals surface area contributed by atoms with E-state index in [9.17, 15) is 13.0 Å². The number of hydrogen-bond donors (Lipinski definition) is 2. The van der Waals surface area contributed by atoms with Gasteiger partial charge in [-0.2, -0.15) is 8.42 Å². The van der Waals surface area contributed by atoms with E-state index < -0.39 is 23.3 Å². The third-order valence-corrected chi connectivity index (χ3v) is 2.61. The average Bonchev–Trinajstić information content (AvgIpc) is 2.01. The predicted octanol–water partition coefficient (Wildman–Crippen LogP) is 0.692. The first-order chi connectivity index (χ1) is 6.41. The monoisotopic (exact) mass is 328 g/mol. The van der Waals surface area contributed by atoms with Crippen molar-refractivity contribution in [1.82, 2.24) is 0 Å². The summed E-state index contributed by atoms with van der Waals surface area (Å²) in [7, 11) is -7.73. The molecule has 1 atom stereocenters. The molecule has 0 fully saturated rings. The van der Waals surface area contributed by atoms with Gasteiger partial charge in [0.15, 0.2) is 0 Å². The van der Waals surface area contributed by atoms with Crippen molar-refractivity contribution in [2.45, 2.75) is 4.90 Å². The van der Waals surface area contributed by atoms with Crippen LogP contribution in [0.4, 0.5) is 0 Å². The summed E-state index contributed by atoms with van der Waals surface area (Å²) in [4.78, 5) is 7.91. The normalized spacial score (nSPS) is 12.7. The van der Waals surface area contributed by atoms with Crippen LogP contribution in [0.3, 0.4) is 0 Å². The van der Waals surface area contributed by atoms with Gasteiger partial charge in [-0.05, 0) is 12.1 Å². The molecule has 0 bridgehead atoms. The van der Waals surface area contributed by atoms with Crippen LogP contribution in [0.2, 0.25) is 0 Å². The minimum absolute atomic E-state index is 0. The molecule has 1 aromatic carbocycles. The number of rotatable bonds is 3. The Balaban J connectivity index is 0.00000196. The van der Waals surface area contributed by atoms with Crippen LogP contribution in [-0.4, -0.2) is 17.9 Å². The van der Waals surface area contributed by atoms with Crippen LogP contribution in [0.1, 0.15) is 0 Å². The number of para-hydroxylation sites is 1. The smallest absolute Gasteiger partial charge is 0.365 e. The van der Waals surface area contributed by atoms with E-state index in [-0.39, 0.29) is 32.0 Å². The Labute approximate surface area is 106 Å². The molecule has 9 heteroatoms. The van der Waals surface area contributed by atoms with Gasteiger partial charge in [-0.25, -0.2) is 4.57 Å². The van der Waals surface area contributed by atoms with Gasteiger partial charge in [-0.1, -0.05) is 12.1 Å². The second-order valence-electron chi connectivity index (χ2n) is 2.29. The Morgan fingerprint density at radius 2 is 1.80 bits per heavy atom. The van der Waals surface area contributed by atoms with Crippen LogP contribution < -0.4 is 4.52 Å². The molecule has 0 heterocycles. The van der Waals surface area contributed by atoms with E-state index in [0.29, 0.717) is 0 Å². The fourth-order valence-corrected chi connectivity index (χ4v) is 1.90. The first-order valence-corrected chi connectivity index (χ1v) is 6.09. The van der Waals surface area contributed by atoms with Crippen LogP contribution in [0.25, 0.3) is 0 Å². The first kappa shape index (κ1) is 15.0. The van der Waals surface area contributed by atoms with Crippen molar-refractivity contribution < 1.29 is 53.2 Å². The summed E-state index contributed by atoms with van der Waals surface area (Å²) in [6.07, 6.45) is 0. The number of benzene rings is 1. The van der Waals surface area contributed by atoms with Crippen molar-refractivity contribution in [1.29, 1.82) is 0 Å². The molecule has 6 nitrogen and oxygen atoms in total. The van der Waals surface area contributed by atoms with Crippen LogP contribution in [0, 0.1) is 0 Å². The molecule has 0 amide bonds. The van der Waals surface area contributed by atoms with Crippen molar-refractivity contribution in [2.24, 2.45) is 0 Å². The average molecular weight is 329 g/mol. The Hall–Kier alpha value is 0.00312. The Kier molecular flexibility index (Phi) is 5.92. The van der Waals surface area contributed by atoms with E-state index in [0.717, 1.165) is 6.07 Å². The molecule has 0 aliphatic heterocycles.